The fourth-order valence-corrected chi connectivity index (χ4v) is 3.14. The molecular weight excluding hydrogens is 254 g/mol. The van der Waals surface area contributed by atoms with E-state index in [1.54, 1.807) is 13.2 Å². The number of anilines is 1. The second kappa shape index (κ2) is 5.26. The van der Waals surface area contributed by atoms with Gasteiger partial charge in [-0.1, -0.05) is 13.8 Å². The third-order valence-electron chi connectivity index (χ3n) is 3.91. The molecule has 2 heterocycles. The van der Waals surface area contributed by atoms with Crippen molar-refractivity contribution < 1.29 is 4.74 Å². The summed E-state index contributed by atoms with van der Waals surface area (Å²) in [6, 6.07) is 0. The van der Waals surface area contributed by atoms with E-state index in [9.17, 15) is 0 Å². The number of aromatic amines is 1. The van der Waals surface area contributed by atoms with Gasteiger partial charge in [0.05, 0.1) is 6.20 Å². The predicted octanol–water partition coefficient (Wildman–Crippen LogP) is 2.60. The van der Waals surface area contributed by atoms with Crippen LogP contribution < -0.4 is 10.1 Å². The number of hydrogen-bond donors (Lipinski definition) is 2. The molecule has 6 heteroatoms. The van der Waals surface area contributed by atoms with Gasteiger partial charge in [0.15, 0.2) is 5.65 Å². The second-order valence-electron chi connectivity index (χ2n) is 5.89. The molecule has 0 aromatic carbocycles. The molecule has 1 saturated carbocycles. The van der Waals surface area contributed by atoms with E-state index in [1.165, 1.54) is 6.42 Å². The van der Waals surface area contributed by atoms with Gasteiger partial charge in [-0.3, -0.25) is 5.10 Å². The summed E-state index contributed by atoms with van der Waals surface area (Å²) in [7, 11) is 1.80. The fourth-order valence-electron chi connectivity index (χ4n) is 3.14. The van der Waals surface area contributed by atoms with Crippen LogP contribution in [-0.2, 0) is 0 Å². The van der Waals surface area contributed by atoms with Gasteiger partial charge in [0.25, 0.3) is 0 Å². The van der Waals surface area contributed by atoms with Crippen LogP contribution in [0.1, 0.15) is 33.1 Å². The van der Waals surface area contributed by atoms with Crippen molar-refractivity contribution in [3.8, 4) is 5.88 Å². The van der Waals surface area contributed by atoms with Crippen molar-refractivity contribution in [3.63, 3.8) is 0 Å². The molecule has 2 aromatic rings. The number of hydrogen-bond acceptors (Lipinski definition) is 5. The van der Waals surface area contributed by atoms with Crippen LogP contribution in [-0.4, -0.2) is 33.3 Å². The van der Waals surface area contributed by atoms with Crippen molar-refractivity contribution >= 4 is 17.0 Å². The number of rotatable bonds is 3. The maximum absolute atomic E-state index is 6.16. The largest absolute Gasteiger partial charge is 0.474 e. The van der Waals surface area contributed by atoms with E-state index >= 15 is 0 Å². The van der Waals surface area contributed by atoms with Gasteiger partial charge in [0, 0.05) is 7.05 Å². The Kier molecular flexibility index (Phi) is 3.46. The third-order valence-corrected chi connectivity index (χ3v) is 3.91. The molecule has 0 saturated heterocycles. The van der Waals surface area contributed by atoms with Gasteiger partial charge >= 0.3 is 0 Å². The molecule has 3 rings (SSSR count). The van der Waals surface area contributed by atoms with Crippen LogP contribution in [0.25, 0.3) is 11.0 Å². The fraction of sp³-hybridized carbons (Fsp3) is 0.643. The van der Waals surface area contributed by atoms with E-state index < -0.39 is 0 Å². The normalized spacial score (nSPS) is 26.6. The zero-order valence-electron chi connectivity index (χ0n) is 12.2. The van der Waals surface area contributed by atoms with Crippen LogP contribution in [0.3, 0.4) is 0 Å². The molecule has 1 aliphatic rings. The number of aromatic nitrogens is 4. The Morgan fingerprint density at radius 1 is 1.20 bits per heavy atom. The Hall–Kier alpha value is -1.85. The maximum Gasteiger partial charge on any atom is 0.229 e. The monoisotopic (exact) mass is 275 g/mol. The first-order valence-corrected chi connectivity index (χ1v) is 7.21. The van der Waals surface area contributed by atoms with Crippen molar-refractivity contribution in [1.29, 1.82) is 0 Å². The molecule has 2 aromatic heterocycles. The zero-order valence-corrected chi connectivity index (χ0v) is 12.2. The van der Waals surface area contributed by atoms with Crippen molar-refractivity contribution in [1.82, 2.24) is 20.2 Å². The average molecular weight is 275 g/mol. The number of ether oxygens (including phenoxy) is 1. The molecule has 1 aliphatic carbocycles. The zero-order chi connectivity index (χ0) is 14.1. The molecule has 0 amide bonds. The Labute approximate surface area is 118 Å². The van der Waals surface area contributed by atoms with E-state index in [1.807, 2.05) is 0 Å². The first kappa shape index (κ1) is 13.1. The highest BCUT2D eigenvalue weighted by Crippen LogP contribution is 2.32. The summed E-state index contributed by atoms with van der Waals surface area (Å²) < 4.78 is 6.16. The molecule has 2 unspecified atom stereocenters. The molecule has 6 nitrogen and oxygen atoms in total. The summed E-state index contributed by atoms with van der Waals surface area (Å²) >= 11 is 0. The van der Waals surface area contributed by atoms with E-state index in [2.05, 4.69) is 39.3 Å². The van der Waals surface area contributed by atoms with Crippen molar-refractivity contribution in [3.05, 3.63) is 6.20 Å². The summed E-state index contributed by atoms with van der Waals surface area (Å²) in [4.78, 5) is 8.75. The second-order valence-corrected chi connectivity index (χ2v) is 5.89. The Bertz CT molecular complexity index is 586. The summed E-state index contributed by atoms with van der Waals surface area (Å²) in [5.74, 6) is 2.58. The molecule has 0 bridgehead atoms. The highest BCUT2D eigenvalue weighted by Gasteiger charge is 2.26. The lowest BCUT2D eigenvalue weighted by atomic mass is 9.82. The van der Waals surface area contributed by atoms with E-state index in [0.29, 0.717) is 29.3 Å². The molecule has 1 fully saturated rings. The Morgan fingerprint density at radius 2 is 1.95 bits per heavy atom. The van der Waals surface area contributed by atoms with Gasteiger partial charge in [-0.05, 0) is 31.1 Å². The first-order valence-electron chi connectivity index (χ1n) is 7.21. The Balaban J connectivity index is 1.87. The van der Waals surface area contributed by atoms with Crippen molar-refractivity contribution in [2.75, 3.05) is 12.4 Å². The number of fused-ring (bicyclic) bond motifs is 1. The highest BCUT2D eigenvalue weighted by atomic mass is 16.5. The lowest BCUT2D eigenvalue weighted by molar-refractivity contribution is 0.0983. The third kappa shape index (κ3) is 2.55. The van der Waals surface area contributed by atoms with Gasteiger partial charge in [0.2, 0.25) is 11.8 Å². The predicted molar refractivity (Wildman–Crippen MR) is 77.8 cm³/mol. The minimum atomic E-state index is 0.228. The Morgan fingerprint density at radius 3 is 2.65 bits per heavy atom. The smallest absolute Gasteiger partial charge is 0.229 e. The maximum atomic E-state index is 6.16. The number of nitrogens with one attached hydrogen (secondary N) is 2. The summed E-state index contributed by atoms with van der Waals surface area (Å²) in [6.07, 6.45) is 5.41. The van der Waals surface area contributed by atoms with Crippen LogP contribution in [0.4, 0.5) is 5.95 Å². The topological polar surface area (TPSA) is 75.7 Å². The van der Waals surface area contributed by atoms with Crippen molar-refractivity contribution in [2.45, 2.75) is 39.2 Å². The first-order chi connectivity index (χ1) is 9.65. The molecule has 0 aliphatic heterocycles. The SMILES string of the molecule is CNc1nc(OC2CC(C)CC(C)C2)c2cn[nH]c2n1. The molecule has 20 heavy (non-hydrogen) atoms. The average Bonchev–Trinajstić information content (AvgIpc) is 2.85. The molecule has 0 radical (unpaired) electrons. The highest BCUT2D eigenvalue weighted by molar-refractivity contribution is 5.80. The minimum Gasteiger partial charge on any atom is -0.474 e. The van der Waals surface area contributed by atoms with Gasteiger partial charge in [-0.25, -0.2) is 0 Å². The van der Waals surface area contributed by atoms with Gasteiger partial charge in [-0.15, -0.1) is 0 Å². The summed E-state index contributed by atoms with van der Waals surface area (Å²) in [5, 5.41) is 10.7. The lowest BCUT2D eigenvalue weighted by Gasteiger charge is -2.31. The molecule has 0 spiro atoms. The van der Waals surface area contributed by atoms with Crippen LogP contribution in [0.15, 0.2) is 6.20 Å². The molecular formula is C14H21N5O. The van der Waals surface area contributed by atoms with E-state index in [4.69, 9.17) is 4.74 Å². The number of nitrogens with zero attached hydrogens (tertiary/aromatic N) is 3. The van der Waals surface area contributed by atoms with Crippen LogP contribution >= 0.6 is 0 Å². The molecule has 108 valence electrons. The number of H-pyrrole nitrogens is 1. The quantitative estimate of drug-likeness (QED) is 0.900. The van der Waals surface area contributed by atoms with Gasteiger partial charge in [0.1, 0.15) is 11.5 Å². The summed E-state index contributed by atoms with van der Waals surface area (Å²) in [5.41, 5.74) is 0.705. The molecule has 2 N–H and O–H groups in total. The van der Waals surface area contributed by atoms with E-state index in [-0.39, 0.29) is 6.10 Å². The van der Waals surface area contributed by atoms with Crippen LogP contribution in [0.2, 0.25) is 0 Å². The van der Waals surface area contributed by atoms with Crippen LogP contribution in [0.5, 0.6) is 5.88 Å². The summed E-state index contributed by atoms with van der Waals surface area (Å²) in [6.45, 7) is 4.58. The van der Waals surface area contributed by atoms with Gasteiger partial charge < -0.3 is 10.1 Å². The van der Waals surface area contributed by atoms with Crippen molar-refractivity contribution in [2.24, 2.45) is 11.8 Å². The standard InChI is InChI=1S/C14H21N5O/c1-8-4-9(2)6-10(5-8)20-13-11-7-16-19-12(11)17-14(15-3)18-13/h7-10H,4-6H2,1-3H3,(H2,15,16,17,18,19). The lowest BCUT2D eigenvalue weighted by Crippen LogP contribution is -2.28. The van der Waals surface area contributed by atoms with Gasteiger partial charge in [-0.2, -0.15) is 15.1 Å². The molecule has 2 atom stereocenters. The minimum absolute atomic E-state index is 0.228. The van der Waals surface area contributed by atoms with Crippen LogP contribution in [0, 0.1) is 11.8 Å². The van der Waals surface area contributed by atoms with E-state index in [0.717, 1.165) is 18.2 Å².